The van der Waals surface area contributed by atoms with Crippen LogP contribution in [0.3, 0.4) is 0 Å². The summed E-state index contributed by atoms with van der Waals surface area (Å²) in [6.45, 7) is 0.613. The molecular formula is C15H20ClN3O2S. The van der Waals surface area contributed by atoms with Crippen LogP contribution in [-0.2, 0) is 4.79 Å². The number of carbonyl (C=O) groups is 2. The molecule has 120 valence electrons. The number of nitrogens with one attached hydrogen (secondary N) is 2. The Kier molecular flexibility index (Phi) is 5.72. The second-order valence-corrected chi connectivity index (χ2v) is 6.57. The molecule has 0 saturated heterocycles. The highest BCUT2D eigenvalue weighted by Crippen LogP contribution is 2.32. The summed E-state index contributed by atoms with van der Waals surface area (Å²) in [4.78, 5) is 24.8. The minimum absolute atomic E-state index is 0. The molecule has 7 heteroatoms. The van der Waals surface area contributed by atoms with Crippen LogP contribution in [0, 0.1) is 5.92 Å². The summed E-state index contributed by atoms with van der Waals surface area (Å²) in [5.74, 6) is 0.692. The first kappa shape index (κ1) is 17.1. The maximum atomic E-state index is 12.4. The molecule has 1 aromatic carbocycles. The molecule has 1 aromatic rings. The fourth-order valence-electron chi connectivity index (χ4n) is 2.99. The summed E-state index contributed by atoms with van der Waals surface area (Å²) in [5.41, 5.74) is 7.05. The number of fused-ring (bicyclic) bond motifs is 1. The molecule has 5 nitrogen and oxygen atoms in total. The summed E-state index contributed by atoms with van der Waals surface area (Å²) in [6, 6.07) is 5.62. The molecule has 0 aromatic heterocycles. The van der Waals surface area contributed by atoms with Gasteiger partial charge in [-0.2, -0.15) is 0 Å². The topological polar surface area (TPSA) is 84.2 Å². The summed E-state index contributed by atoms with van der Waals surface area (Å²) >= 11 is 1.49. The third kappa shape index (κ3) is 3.56. The smallest absolute Gasteiger partial charge is 0.251 e. The Balaban J connectivity index is 0.00000176. The van der Waals surface area contributed by atoms with Crippen LogP contribution in [0.4, 0.5) is 5.69 Å². The lowest BCUT2D eigenvalue weighted by molar-refractivity contribution is -0.113. The van der Waals surface area contributed by atoms with Crippen LogP contribution in [0.15, 0.2) is 23.1 Å². The van der Waals surface area contributed by atoms with Crippen LogP contribution in [0.2, 0.25) is 0 Å². The summed E-state index contributed by atoms with van der Waals surface area (Å²) in [7, 11) is 0. The van der Waals surface area contributed by atoms with Gasteiger partial charge in [0, 0.05) is 16.5 Å². The van der Waals surface area contributed by atoms with E-state index in [2.05, 4.69) is 10.6 Å². The van der Waals surface area contributed by atoms with Crippen molar-refractivity contribution in [2.24, 2.45) is 11.7 Å². The van der Waals surface area contributed by atoms with E-state index in [1.165, 1.54) is 11.8 Å². The lowest BCUT2D eigenvalue weighted by atomic mass is 10.0. The number of halogens is 1. The van der Waals surface area contributed by atoms with E-state index < -0.39 is 0 Å². The first-order valence-electron chi connectivity index (χ1n) is 7.25. The Labute approximate surface area is 140 Å². The van der Waals surface area contributed by atoms with Gasteiger partial charge in [-0.1, -0.05) is 6.42 Å². The van der Waals surface area contributed by atoms with Gasteiger partial charge in [-0.3, -0.25) is 9.59 Å². The molecule has 1 saturated carbocycles. The Bertz CT molecular complexity index is 582. The number of anilines is 1. The van der Waals surface area contributed by atoms with E-state index in [0.717, 1.165) is 29.8 Å². The average molecular weight is 342 g/mol. The Hall–Kier alpha value is -1.24. The lowest BCUT2D eigenvalue weighted by Gasteiger charge is -2.21. The van der Waals surface area contributed by atoms with Gasteiger partial charge >= 0.3 is 0 Å². The normalized spacial score (nSPS) is 23.2. The zero-order chi connectivity index (χ0) is 14.8. The number of hydrogen-bond acceptors (Lipinski definition) is 4. The first-order chi connectivity index (χ1) is 10.2. The minimum atomic E-state index is -0.0898. The van der Waals surface area contributed by atoms with E-state index in [1.807, 2.05) is 12.1 Å². The van der Waals surface area contributed by atoms with Gasteiger partial charge in [0.2, 0.25) is 5.91 Å². The number of nitrogens with two attached hydrogens (primary N) is 1. The van der Waals surface area contributed by atoms with Crippen molar-refractivity contribution in [1.82, 2.24) is 5.32 Å². The molecule has 22 heavy (non-hydrogen) atoms. The molecule has 2 amide bonds. The molecule has 2 unspecified atom stereocenters. The zero-order valence-electron chi connectivity index (χ0n) is 12.1. The number of amides is 2. The quantitative estimate of drug-likeness (QED) is 0.785. The van der Waals surface area contributed by atoms with E-state index in [4.69, 9.17) is 5.73 Å². The van der Waals surface area contributed by atoms with E-state index >= 15 is 0 Å². The highest BCUT2D eigenvalue weighted by atomic mass is 35.5. The molecule has 3 rings (SSSR count). The van der Waals surface area contributed by atoms with Crippen molar-refractivity contribution in [1.29, 1.82) is 0 Å². The molecule has 4 N–H and O–H groups in total. The van der Waals surface area contributed by atoms with Gasteiger partial charge in [0.05, 0.1) is 11.4 Å². The molecule has 1 fully saturated rings. The first-order valence-corrected chi connectivity index (χ1v) is 8.23. The van der Waals surface area contributed by atoms with Gasteiger partial charge in [-0.05, 0) is 43.5 Å². The number of thioether (sulfide) groups is 1. The van der Waals surface area contributed by atoms with Crippen LogP contribution >= 0.6 is 24.2 Å². The third-order valence-electron chi connectivity index (χ3n) is 4.15. The number of benzene rings is 1. The number of carbonyl (C=O) groups excluding carboxylic acids is 2. The molecule has 1 heterocycles. The monoisotopic (exact) mass is 341 g/mol. The van der Waals surface area contributed by atoms with Gasteiger partial charge in [0.25, 0.3) is 5.91 Å². The SMILES string of the molecule is Cl.NCC1CCCC1NC(=O)c1ccc2c(c1)NC(=O)CS2. The summed E-state index contributed by atoms with van der Waals surface area (Å²) in [6.07, 6.45) is 3.19. The molecule has 1 aliphatic carbocycles. The van der Waals surface area contributed by atoms with Crippen LogP contribution in [0.25, 0.3) is 0 Å². The largest absolute Gasteiger partial charge is 0.349 e. The van der Waals surface area contributed by atoms with E-state index in [-0.39, 0.29) is 30.3 Å². The van der Waals surface area contributed by atoms with E-state index in [1.54, 1.807) is 6.07 Å². The number of rotatable bonds is 3. The van der Waals surface area contributed by atoms with Crippen molar-refractivity contribution in [3.63, 3.8) is 0 Å². The van der Waals surface area contributed by atoms with Gasteiger partial charge in [-0.15, -0.1) is 24.2 Å². The van der Waals surface area contributed by atoms with E-state index in [0.29, 0.717) is 23.8 Å². The second kappa shape index (κ2) is 7.35. The Morgan fingerprint density at radius 2 is 2.23 bits per heavy atom. The molecular weight excluding hydrogens is 322 g/mol. The van der Waals surface area contributed by atoms with Crippen molar-refractivity contribution in [3.05, 3.63) is 23.8 Å². The maximum Gasteiger partial charge on any atom is 0.251 e. The van der Waals surface area contributed by atoms with Crippen molar-refractivity contribution in [3.8, 4) is 0 Å². The molecule has 2 aliphatic rings. The van der Waals surface area contributed by atoms with Crippen LogP contribution < -0.4 is 16.4 Å². The van der Waals surface area contributed by atoms with Gasteiger partial charge in [-0.25, -0.2) is 0 Å². The van der Waals surface area contributed by atoms with Crippen molar-refractivity contribution >= 4 is 41.7 Å². The van der Waals surface area contributed by atoms with Crippen LogP contribution in [0.5, 0.6) is 0 Å². The second-order valence-electron chi connectivity index (χ2n) is 5.55. The van der Waals surface area contributed by atoms with Crippen molar-refractivity contribution in [2.75, 3.05) is 17.6 Å². The van der Waals surface area contributed by atoms with Crippen molar-refractivity contribution in [2.45, 2.75) is 30.2 Å². The molecule has 0 spiro atoms. The zero-order valence-corrected chi connectivity index (χ0v) is 13.8. The fraction of sp³-hybridized carbons (Fsp3) is 0.467. The lowest BCUT2D eigenvalue weighted by Crippen LogP contribution is -2.39. The Morgan fingerprint density at radius 3 is 3.00 bits per heavy atom. The predicted octanol–water partition coefficient (Wildman–Crippen LogP) is 2.01. The summed E-state index contributed by atoms with van der Waals surface area (Å²) < 4.78 is 0. The van der Waals surface area contributed by atoms with Crippen LogP contribution in [-0.4, -0.2) is 30.2 Å². The van der Waals surface area contributed by atoms with Gasteiger partial charge in [0.1, 0.15) is 0 Å². The number of hydrogen-bond donors (Lipinski definition) is 3. The highest BCUT2D eigenvalue weighted by Gasteiger charge is 2.28. The molecule has 0 bridgehead atoms. The van der Waals surface area contributed by atoms with Gasteiger partial charge in [0.15, 0.2) is 0 Å². The summed E-state index contributed by atoms with van der Waals surface area (Å²) in [5, 5.41) is 5.88. The molecule has 0 radical (unpaired) electrons. The third-order valence-corrected chi connectivity index (χ3v) is 5.23. The van der Waals surface area contributed by atoms with Gasteiger partial charge < -0.3 is 16.4 Å². The van der Waals surface area contributed by atoms with Crippen LogP contribution in [0.1, 0.15) is 29.6 Å². The van der Waals surface area contributed by atoms with E-state index in [9.17, 15) is 9.59 Å². The Morgan fingerprint density at radius 1 is 1.41 bits per heavy atom. The standard InChI is InChI=1S/C15H19N3O2S.ClH/c16-7-10-2-1-3-11(10)18-15(20)9-4-5-13-12(6-9)17-14(19)8-21-13;/h4-6,10-11H,1-3,7-8,16H2,(H,17,19)(H,18,20);1H. The highest BCUT2D eigenvalue weighted by molar-refractivity contribution is 8.00. The maximum absolute atomic E-state index is 12.4. The fourth-order valence-corrected chi connectivity index (χ4v) is 3.77. The molecule has 1 aliphatic heterocycles. The average Bonchev–Trinajstić information content (AvgIpc) is 2.93. The van der Waals surface area contributed by atoms with Crippen molar-refractivity contribution < 1.29 is 9.59 Å². The molecule has 2 atom stereocenters. The minimum Gasteiger partial charge on any atom is -0.349 e. The predicted molar refractivity (Wildman–Crippen MR) is 90.7 cm³/mol.